The Morgan fingerprint density at radius 3 is 2.95 bits per heavy atom. The van der Waals surface area contributed by atoms with E-state index >= 15 is 0 Å². The lowest BCUT2D eigenvalue weighted by atomic mass is 9.85. The third-order valence-electron chi connectivity index (χ3n) is 4.46. The Hall–Kier alpha value is -1.68. The highest BCUT2D eigenvalue weighted by molar-refractivity contribution is 5.37. The Labute approximate surface area is 126 Å². The van der Waals surface area contributed by atoms with Crippen molar-refractivity contribution in [3.63, 3.8) is 0 Å². The average Bonchev–Trinajstić information content (AvgIpc) is 2.89. The third kappa shape index (κ3) is 3.00. The van der Waals surface area contributed by atoms with Gasteiger partial charge in [-0.15, -0.1) is 10.2 Å². The highest BCUT2D eigenvalue weighted by atomic mass is 15.3. The van der Waals surface area contributed by atoms with Crippen molar-refractivity contribution in [2.24, 2.45) is 7.05 Å². The quantitative estimate of drug-likeness (QED) is 0.938. The number of fused-ring (bicyclic) bond motifs is 1. The maximum atomic E-state index is 4.15. The van der Waals surface area contributed by atoms with E-state index in [1.165, 1.54) is 36.0 Å². The zero-order valence-electron chi connectivity index (χ0n) is 13.1. The highest BCUT2D eigenvalue weighted by Crippen LogP contribution is 2.32. The molecule has 21 heavy (non-hydrogen) atoms. The van der Waals surface area contributed by atoms with E-state index in [2.05, 4.69) is 47.6 Å². The van der Waals surface area contributed by atoms with Crippen LogP contribution in [0.2, 0.25) is 0 Å². The molecule has 1 aromatic heterocycles. The standard InChI is InChI=1S/C17H24N4/c1-12(2)14-8-7-13-5-4-6-16(15(13)9-14)18-10-17-20-19-11-21(17)3/h7-9,11-12,16,18H,4-6,10H2,1-3H3/t16-/m0/s1. The van der Waals surface area contributed by atoms with Crippen LogP contribution >= 0.6 is 0 Å². The van der Waals surface area contributed by atoms with Crippen molar-refractivity contribution in [1.82, 2.24) is 20.1 Å². The summed E-state index contributed by atoms with van der Waals surface area (Å²) >= 11 is 0. The van der Waals surface area contributed by atoms with Crippen molar-refractivity contribution in [2.45, 2.75) is 51.6 Å². The van der Waals surface area contributed by atoms with Crippen molar-refractivity contribution >= 4 is 0 Å². The van der Waals surface area contributed by atoms with E-state index in [0.717, 1.165) is 12.4 Å². The molecular weight excluding hydrogens is 260 g/mol. The summed E-state index contributed by atoms with van der Waals surface area (Å²) in [6.45, 7) is 5.28. The summed E-state index contributed by atoms with van der Waals surface area (Å²) in [7, 11) is 1.99. The Bertz CT molecular complexity index is 615. The Morgan fingerprint density at radius 1 is 1.38 bits per heavy atom. The topological polar surface area (TPSA) is 42.7 Å². The monoisotopic (exact) mass is 284 g/mol. The van der Waals surface area contributed by atoms with E-state index in [-0.39, 0.29) is 0 Å². The summed E-state index contributed by atoms with van der Waals surface area (Å²) < 4.78 is 1.97. The second-order valence-electron chi connectivity index (χ2n) is 6.30. The molecule has 0 amide bonds. The van der Waals surface area contributed by atoms with Crippen molar-refractivity contribution in [3.8, 4) is 0 Å². The highest BCUT2D eigenvalue weighted by Gasteiger charge is 2.21. The van der Waals surface area contributed by atoms with Gasteiger partial charge in [-0.2, -0.15) is 0 Å². The van der Waals surface area contributed by atoms with Crippen molar-refractivity contribution in [2.75, 3.05) is 0 Å². The number of nitrogens with one attached hydrogen (secondary N) is 1. The molecule has 0 aliphatic heterocycles. The van der Waals surface area contributed by atoms with Gasteiger partial charge in [-0.05, 0) is 41.9 Å². The van der Waals surface area contributed by atoms with Crippen molar-refractivity contribution in [3.05, 3.63) is 47.0 Å². The van der Waals surface area contributed by atoms with Crippen LogP contribution in [-0.4, -0.2) is 14.8 Å². The third-order valence-corrected chi connectivity index (χ3v) is 4.46. The molecule has 0 radical (unpaired) electrons. The number of hydrogen-bond donors (Lipinski definition) is 1. The maximum absolute atomic E-state index is 4.15. The first kappa shape index (κ1) is 14.3. The molecular formula is C17H24N4. The molecule has 0 fully saturated rings. The maximum Gasteiger partial charge on any atom is 0.146 e. The second-order valence-corrected chi connectivity index (χ2v) is 6.30. The Morgan fingerprint density at radius 2 is 2.24 bits per heavy atom. The van der Waals surface area contributed by atoms with Gasteiger partial charge in [0.05, 0.1) is 6.54 Å². The van der Waals surface area contributed by atoms with Gasteiger partial charge in [0, 0.05) is 13.1 Å². The molecule has 0 spiro atoms. The normalized spacial score (nSPS) is 18.0. The lowest BCUT2D eigenvalue weighted by molar-refractivity contribution is 0.448. The van der Waals surface area contributed by atoms with E-state index < -0.39 is 0 Å². The summed E-state index contributed by atoms with van der Waals surface area (Å²) in [4.78, 5) is 0. The van der Waals surface area contributed by atoms with Crippen LogP contribution in [0, 0.1) is 0 Å². The van der Waals surface area contributed by atoms with Crippen molar-refractivity contribution < 1.29 is 0 Å². The van der Waals surface area contributed by atoms with E-state index in [9.17, 15) is 0 Å². The lowest BCUT2D eigenvalue weighted by Crippen LogP contribution is -2.26. The lowest BCUT2D eigenvalue weighted by Gasteiger charge is -2.27. The molecule has 0 saturated carbocycles. The minimum Gasteiger partial charge on any atom is -0.320 e. The van der Waals surface area contributed by atoms with Gasteiger partial charge >= 0.3 is 0 Å². The number of aryl methyl sites for hydroxylation is 2. The fraction of sp³-hybridized carbons (Fsp3) is 0.529. The molecule has 1 aromatic carbocycles. The van der Waals surface area contributed by atoms with Gasteiger partial charge in [0.25, 0.3) is 0 Å². The zero-order valence-corrected chi connectivity index (χ0v) is 13.1. The van der Waals surface area contributed by atoms with E-state index in [0.29, 0.717) is 12.0 Å². The molecule has 1 N–H and O–H groups in total. The number of nitrogens with zero attached hydrogens (tertiary/aromatic N) is 3. The van der Waals surface area contributed by atoms with Crippen molar-refractivity contribution in [1.29, 1.82) is 0 Å². The predicted molar refractivity (Wildman–Crippen MR) is 84.1 cm³/mol. The molecule has 4 nitrogen and oxygen atoms in total. The largest absolute Gasteiger partial charge is 0.320 e. The van der Waals surface area contributed by atoms with E-state index in [1.807, 2.05) is 11.6 Å². The Kier molecular flexibility index (Phi) is 4.06. The van der Waals surface area contributed by atoms with Crippen LogP contribution in [0.1, 0.15) is 61.2 Å². The number of rotatable bonds is 4. The Balaban J connectivity index is 1.79. The van der Waals surface area contributed by atoms with Crippen LogP contribution < -0.4 is 5.32 Å². The van der Waals surface area contributed by atoms with Crippen LogP contribution in [0.3, 0.4) is 0 Å². The molecule has 1 aliphatic rings. The van der Waals surface area contributed by atoms with Gasteiger partial charge in [0.15, 0.2) is 0 Å². The molecule has 3 rings (SSSR count). The molecule has 1 atom stereocenters. The second kappa shape index (κ2) is 5.98. The van der Waals surface area contributed by atoms with E-state index in [1.54, 1.807) is 6.33 Å². The van der Waals surface area contributed by atoms with Crippen LogP contribution in [0.25, 0.3) is 0 Å². The number of hydrogen-bond acceptors (Lipinski definition) is 3. The summed E-state index contributed by atoms with van der Waals surface area (Å²) in [6, 6.07) is 7.44. The van der Waals surface area contributed by atoms with Crippen LogP contribution in [0.5, 0.6) is 0 Å². The van der Waals surface area contributed by atoms with Crippen LogP contribution in [0.15, 0.2) is 24.5 Å². The first-order valence-electron chi connectivity index (χ1n) is 7.84. The summed E-state index contributed by atoms with van der Waals surface area (Å²) in [6.07, 6.45) is 5.41. The van der Waals surface area contributed by atoms with Gasteiger partial charge in [-0.3, -0.25) is 0 Å². The molecule has 0 bridgehead atoms. The SMILES string of the molecule is CC(C)c1ccc2c(c1)[C@@H](NCc1nncn1C)CCC2. The molecule has 1 aliphatic carbocycles. The van der Waals surface area contributed by atoms with E-state index in [4.69, 9.17) is 0 Å². The van der Waals surface area contributed by atoms with Gasteiger partial charge < -0.3 is 9.88 Å². The van der Waals surface area contributed by atoms with Crippen LogP contribution in [-0.2, 0) is 20.0 Å². The molecule has 1 heterocycles. The van der Waals surface area contributed by atoms with Gasteiger partial charge in [-0.25, -0.2) is 0 Å². The molecule has 0 saturated heterocycles. The van der Waals surface area contributed by atoms with Crippen LogP contribution in [0.4, 0.5) is 0 Å². The summed E-state index contributed by atoms with van der Waals surface area (Å²) in [5.41, 5.74) is 4.41. The van der Waals surface area contributed by atoms with Gasteiger partial charge in [0.2, 0.25) is 0 Å². The molecule has 112 valence electrons. The summed E-state index contributed by atoms with van der Waals surface area (Å²) in [5, 5.41) is 11.8. The van der Waals surface area contributed by atoms with Gasteiger partial charge in [-0.1, -0.05) is 32.0 Å². The zero-order chi connectivity index (χ0) is 14.8. The minimum absolute atomic E-state index is 0.434. The summed E-state index contributed by atoms with van der Waals surface area (Å²) in [5.74, 6) is 1.57. The average molecular weight is 284 g/mol. The fourth-order valence-corrected chi connectivity index (χ4v) is 3.07. The number of benzene rings is 1. The number of aromatic nitrogens is 3. The minimum atomic E-state index is 0.434. The predicted octanol–water partition coefficient (Wildman–Crippen LogP) is 3.11. The van der Waals surface area contributed by atoms with Gasteiger partial charge in [0.1, 0.15) is 12.2 Å². The molecule has 2 aromatic rings. The fourth-order valence-electron chi connectivity index (χ4n) is 3.07. The first-order chi connectivity index (χ1) is 10.1. The smallest absolute Gasteiger partial charge is 0.146 e. The molecule has 0 unspecified atom stereocenters. The molecule has 4 heteroatoms. The first-order valence-corrected chi connectivity index (χ1v) is 7.84.